The fraction of sp³-hybridized carbons (Fsp3) is 0.500. The maximum absolute atomic E-state index is 11.5. The molecule has 0 spiro atoms. The Morgan fingerprint density at radius 2 is 2.30 bits per heavy atom. The van der Waals surface area contributed by atoms with E-state index in [9.17, 15) is 4.79 Å². The standard InChI is InChI=1S/C14H19N3O2S/c1-4-8-17-12(11-6-7-11)15-16-14(17)20-9-10(3)13(18)19-5-2/h4,11H,1,3,5-9H2,2H3. The Bertz CT molecular complexity index is 520. The summed E-state index contributed by atoms with van der Waals surface area (Å²) in [4.78, 5) is 11.5. The van der Waals surface area contributed by atoms with Gasteiger partial charge in [0.1, 0.15) is 5.82 Å². The van der Waals surface area contributed by atoms with E-state index in [1.807, 2.05) is 6.08 Å². The highest BCUT2D eigenvalue weighted by Crippen LogP contribution is 2.40. The van der Waals surface area contributed by atoms with Crippen LogP contribution in [0.3, 0.4) is 0 Å². The number of hydrogen-bond acceptors (Lipinski definition) is 5. The molecular weight excluding hydrogens is 274 g/mol. The van der Waals surface area contributed by atoms with Crippen LogP contribution in [-0.2, 0) is 16.1 Å². The number of nitrogens with zero attached hydrogens (tertiary/aromatic N) is 3. The van der Waals surface area contributed by atoms with Crippen molar-refractivity contribution in [1.82, 2.24) is 14.8 Å². The number of allylic oxidation sites excluding steroid dienone is 1. The van der Waals surface area contributed by atoms with Crippen LogP contribution in [0.15, 0.2) is 30.0 Å². The highest BCUT2D eigenvalue weighted by Gasteiger charge is 2.30. The van der Waals surface area contributed by atoms with Crippen molar-refractivity contribution in [1.29, 1.82) is 0 Å². The third-order valence-electron chi connectivity index (χ3n) is 2.94. The average molecular weight is 293 g/mol. The summed E-state index contributed by atoms with van der Waals surface area (Å²) in [5.74, 6) is 1.66. The number of carbonyl (C=O) groups is 1. The number of hydrogen-bond donors (Lipinski definition) is 0. The Labute approximate surface area is 123 Å². The number of thioether (sulfide) groups is 1. The van der Waals surface area contributed by atoms with Crippen molar-refractivity contribution >= 4 is 17.7 Å². The lowest BCUT2D eigenvalue weighted by atomic mass is 10.4. The van der Waals surface area contributed by atoms with Crippen LogP contribution < -0.4 is 0 Å². The van der Waals surface area contributed by atoms with Gasteiger partial charge in [0.2, 0.25) is 0 Å². The van der Waals surface area contributed by atoms with Crippen LogP contribution >= 0.6 is 11.8 Å². The number of ether oxygens (including phenoxy) is 1. The van der Waals surface area contributed by atoms with Crippen molar-refractivity contribution in [2.75, 3.05) is 12.4 Å². The summed E-state index contributed by atoms with van der Waals surface area (Å²) in [6, 6.07) is 0. The van der Waals surface area contributed by atoms with E-state index in [4.69, 9.17) is 4.74 Å². The zero-order valence-electron chi connectivity index (χ0n) is 11.7. The lowest BCUT2D eigenvalue weighted by Crippen LogP contribution is -2.09. The van der Waals surface area contributed by atoms with Gasteiger partial charge in [0.15, 0.2) is 5.16 Å². The number of esters is 1. The van der Waals surface area contributed by atoms with Gasteiger partial charge in [0.25, 0.3) is 0 Å². The van der Waals surface area contributed by atoms with Crippen LogP contribution in [0.2, 0.25) is 0 Å². The van der Waals surface area contributed by atoms with E-state index in [0.717, 1.165) is 11.0 Å². The number of aromatic nitrogens is 3. The molecule has 0 unspecified atom stereocenters. The first-order chi connectivity index (χ1) is 9.67. The Morgan fingerprint density at radius 3 is 2.90 bits per heavy atom. The molecular formula is C14H19N3O2S. The van der Waals surface area contributed by atoms with Crippen LogP contribution in [-0.4, -0.2) is 33.1 Å². The molecule has 0 aliphatic heterocycles. The molecule has 2 rings (SSSR count). The molecule has 1 saturated carbocycles. The number of carbonyl (C=O) groups excluding carboxylic acids is 1. The average Bonchev–Trinajstić information content (AvgIpc) is 3.20. The zero-order valence-corrected chi connectivity index (χ0v) is 12.5. The van der Waals surface area contributed by atoms with Crippen LogP contribution in [0, 0.1) is 0 Å². The summed E-state index contributed by atoms with van der Waals surface area (Å²) in [6.07, 6.45) is 4.18. The molecule has 0 radical (unpaired) electrons. The Kier molecular flexibility index (Phi) is 5.00. The third kappa shape index (κ3) is 3.50. The third-order valence-corrected chi connectivity index (χ3v) is 3.99. The van der Waals surface area contributed by atoms with Gasteiger partial charge < -0.3 is 9.30 Å². The van der Waals surface area contributed by atoms with Gasteiger partial charge in [0.05, 0.1) is 6.61 Å². The van der Waals surface area contributed by atoms with E-state index in [-0.39, 0.29) is 5.97 Å². The second kappa shape index (κ2) is 6.74. The first-order valence-electron chi connectivity index (χ1n) is 6.69. The predicted molar refractivity (Wildman–Crippen MR) is 78.7 cm³/mol. The molecule has 6 heteroatoms. The van der Waals surface area contributed by atoms with Crippen molar-refractivity contribution in [3.63, 3.8) is 0 Å². The lowest BCUT2D eigenvalue weighted by Gasteiger charge is -2.07. The molecule has 1 aromatic heterocycles. The molecule has 1 heterocycles. The Balaban J connectivity index is 2.00. The maximum Gasteiger partial charge on any atom is 0.334 e. The van der Waals surface area contributed by atoms with Gasteiger partial charge >= 0.3 is 5.97 Å². The van der Waals surface area contributed by atoms with E-state index >= 15 is 0 Å². The lowest BCUT2D eigenvalue weighted by molar-refractivity contribution is -0.138. The van der Waals surface area contributed by atoms with Gasteiger partial charge in [-0.25, -0.2) is 4.79 Å². The highest BCUT2D eigenvalue weighted by atomic mass is 32.2. The fourth-order valence-electron chi connectivity index (χ4n) is 1.79. The smallest absolute Gasteiger partial charge is 0.334 e. The monoisotopic (exact) mass is 293 g/mol. The first-order valence-corrected chi connectivity index (χ1v) is 7.67. The van der Waals surface area contributed by atoms with E-state index in [2.05, 4.69) is 27.9 Å². The second-order valence-electron chi connectivity index (χ2n) is 4.63. The summed E-state index contributed by atoms with van der Waals surface area (Å²) in [5.41, 5.74) is 0.443. The maximum atomic E-state index is 11.5. The summed E-state index contributed by atoms with van der Waals surface area (Å²) < 4.78 is 6.98. The van der Waals surface area contributed by atoms with Crippen LogP contribution in [0.1, 0.15) is 31.5 Å². The second-order valence-corrected chi connectivity index (χ2v) is 5.57. The van der Waals surface area contributed by atoms with Gasteiger partial charge in [0, 0.05) is 23.8 Å². The minimum atomic E-state index is -0.350. The van der Waals surface area contributed by atoms with Crippen molar-refractivity contribution in [2.24, 2.45) is 0 Å². The number of rotatable bonds is 8. The summed E-state index contributed by atoms with van der Waals surface area (Å²) in [6.45, 7) is 10.3. The van der Waals surface area contributed by atoms with E-state index in [1.165, 1.54) is 24.6 Å². The minimum absolute atomic E-state index is 0.350. The molecule has 1 aliphatic rings. The summed E-state index contributed by atoms with van der Waals surface area (Å²) in [5, 5.41) is 9.27. The SMILES string of the molecule is C=CCn1c(SCC(=C)C(=O)OCC)nnc1C1CC1. The normalized spacial score (nSPS) is 14.1. The molecule has 5 nitrogen and oxygen atoms in total. The molecule has 0 aromatic carbocycles. The summed E-state index contributed by atoms with van der Waals surface area (Å²) in [7, 11) is 0. The highest BCUT2D eigenvalue weighted by molar-refractivity contribution is 7.99. The quantitative estimate of drug-likeness (QED) is 0.319. The van der Waals surface area contributed by atoms with Gasteiger partial charge in [-0.2, -0.15) is 0 Å². The van der Waals surface area contributed by atoms with Crippen molar-refractivity contribution < 1.29 is 9.53 Å². The molecule has 0 N–H and O–H groups in total. The Hall–Kier alpha value is -1.56. The molecule has 0 bridgehead atoms. The van der Waals surface area contributed by atoms with E-state index in [0.29, 0.717) is 30.4 Å². The zero-order chi connectivity index (χ0) is 14.5. The fourth-order valence-corrected chi connectivity index (χ4v) is 2.64. The Morgan fingerprint density at radius 1 is 1.55 bits per heavy atom. The molecule has 108 valence electrons. The van der Waals surface area contributed by atoms with Crippen molar-refractivity contribution in [2.45, 2.75) is 37.4 Å². The van der Waals surface area contributed by atoms with Crippen molar-refractivity contribution in [3.05, 3.63) is 30.6 Å². The molecule has 1 aromatic rings. The largest absolute Gasteiger partial charge is 0.463 e. The van der Waals surface area contributed by atoms with Gasteiger partial charge in [-0.05, 0) is 19.8 Å². The molecule has 0 atom stereocenters. The van der Waals surface area contributed by atoms with Gasteiger partial charge in [-0.1, -0.05) is 24.4 Å². The molecule has 1 fully saturated rings. The van der Waals surface area contributed by atoms with Crippen molar-refractivity contribution in [3.8, 4) is 0 Å². The van der Waals surface area contributed by atoms with Gasteiger partial charge in [-0.15, -0.1) is 16.8 Å². The van der Waals surface area contributed by atoms with Crippen LogP contribution in [0.5, 0.6) is 0 Å². The molecule has 20 heavy (non-hydrogen) atoms. The topological polar surface area (TPSA) is 57.0 Å². The van der Waals surface area contributed by atoms with Crippen LogP contribution in [0.25, 0.3) is 0 Å². The molecule has 0 amide bonds. The molecule has 1 aliphatic carbocycles. The first kappa shape index (κ1) is 14.8. The van der Waals surface area contributed by atoms with E-state index in [1.54, 1.807) is 6.92 Å². The van der Waals surface area contributed by atoms with Gasteiger partial charge in [-0.3, -0.25) is 0 Å². The van der Waals surface area contributed by atoms with E-state index < -0.39 is 0 Å². The minimum Gasteiger partial charge on any atom is -0.463 e. The summed E-state index contributed by atoms with van der Waals surface area (Å²) >= 11 is 1.46. The predicted octanol–water partition coefficient (Wildman–Crippen LogP) is 2.55. The molecule has 0 saturated heterocycles. The van der Waals surface area contributed by atoms with Crippen LogP contribution in [0.4, 0.5) is 0 Å².